The average Bonchev–Trinajstić information content (AvgIpc) is 3.41. The molecule has 3 nitrogen and oxygen atoms in total. The Morgan fingerprint density at radius 3 is 1.98 bits per heavy atom. The number of unbranched alkanes of at least 4 members (excludes halogenated alkanes) is 1. The van der Waals surface area contributed by atoms with Crippen molar-refractivity contribution in [2.24, 2.45) is 5.73 Å². The second-order valence-corrected chi connectivity index (χ2v) is 15.6. The van der Waals surface area contributed by atoms with Gasteiger partial charge < -0.3 is 11.1 Å². The molecule has 0 heterocycles. The fraction of sp³-hybridized carbons (Fsp3) is 0.667. The average molecular weight is 562 g/mol. The number of benzene rings is 2. The molecule has 0 aliphatic heterocycles. The Bertz CT molecular complexity index is 1250. The van der Waals surface area contributed by atoms with Crippen LogP contribution in [0.3, 0.4) is 0 Å². The zero-order valence-corrected chi connectivity index (χ0v) is 27.5. The number of thiol groups is 1. The summed E-state index contributed by atoms with van der Waals surface area (Å²) in [6, 6.07) is 10.8. The van der Waals surface area contributed by atoms with Crippen LogP contribution in [-0.4, -0.2) is 12.6 Å². The minimum Gasteiger partial charge on any atom is -0.385 e. The molecule has 2 fully saturated rings. The van der Waals surface area contributed by atoms with Gasteiger partial charge in [0.15, 0.2) is 0 Å². The van der Waals surface area contributed by atoms with E-state index in [-0.39, 0.29) is 27.7 Å². The maximum atomic E-state index is 6.97. The van der Waals surface area contributed by atoms with Crippen LogP contribution in [0.15, 0.2) is 24.3 Å². The molecule has 2 aromatic carbocycles. The zero-order chi connectivity index (χ0) is 29.1. The van der Waals surface area contributed by atoms with E-state index in [1.165, 1.54) is 65.6 Å². The molecule has 220 valence electrons. The van der Waals surface area contributed by atoms with Gasteiger partial charge in [0.2, 0.25) is 0 Å². The Hall–Kier alpha value is -1.49. The largest absolute Gasteiger partial charge is 0.385 e. The van der Waals surface area contributed by atoms with Crippen LogP contribution in [0.1, 0.15) is 147 Å². The van der Waals surface area contributed by atoms with Crippen molar-refractivity contribution in [3.05, 3.63) is 52.1 Å². The summed E-state index contributed by atoms with van der Waals surface area (Å²) >= 11 is 4.66. The molecular formula is C36H55N3S. The summed E-state index contributed by atoms with van der Waals surface area (Å²) in [6.07, 6.45) is 10.6. The molecule has 0 bridgehead atoms. The van der Waals surface area contributed by atoms with E-state index < -0.39 is 0 Å². The third kappa shape index (κ3) is 4.65. The van der Waals surface area contributed by atoms with Gasteiger partial charge in [0.25, 0.3) is 0 Å². The van der Waals surface area contributed by atoms with Crippen molar-refractivity contribution in [3.8, 4) is 11.1 Å². The lowest BCUT2D eigenvalue weighted by Gasteiger charge is -2.49. The summed E-state index contributed by atoms with van der Waals surface area (Å²) < 4.78 is 3.44. The molecule has 4 atom stereocenters. The number of rotatable bonds is 8. The van der Waals surface area contributed by atoms with Crippen molar-refractivity contribution < 1.29 is 0 Å². The Morgan fingerprint density at radius 2 is 1.45 bits per heavy atom. The maximum absolute atomic E-state index is 6.97. The van der Waals surface area contributed by atoms with Gasteiger partial charge in [-0.25, -0.2) is 0 Å². The molecule has 4 unspecified atom stereocenters. The Labute approximate surface area is 250 Å². The molecule has 40 heavy (non-hydrogen) atoms. The third-order valence-corrected chi connectivity index (χ3v) is 11.0. The summed E-state index contributed by atoms with van der Waals surface area (Å²) in [6.45, 7) is 19.8. The van der Waals surface area contributed by atoms with Gasteiger partial charge in [-0.05, 0) is 100 Å². The van der Waals surface area contributed by atoms with Crippen LogP contribution in [0.4, 0.5) is 5.69 Å². The van der Waals surface area contributed by atoms with Gasteiger partial charge in [-0.3, -0.25) is 4.72 Å². The molecule has 3 aliphatic rings. The summed E-state index contributed by atoms with van der Waals surface area (Å²) in [7, 11) is 0. The first kappa shape index (κ1) is 30.0. The molecule has 0 spiro atoms. The predicted molar refractivity (Wildman–Crippen MR) is 177 cm³/mol. The summed E-state index contributed by atoms with van der Waals surface area (Å²) in [4.78, 5) is 0. The Morgan fingerprint density at radius 1 is 0.875 bits per heavy atom. The number of hydrogen-bond donors (Lipinski definition) is 4. The van der Waals surface area contributed by atoms with Crippen molar-refractivity contribution in [1.82, 2.24) is 4.72 Å². The lowest BCUT2D eigenvalue weighted by Crippen LogP contribution is -2.44. The fourth-order valence-electron chi connectivity index (χ4n) is 8.82. The minimum atomic E-state index is 0.0384. The second kappa shape index (κ2) is 10.7. The minimum absolute atomic E-state index is 0.0384. The number of hydrogen-bond acceptors (Lipinski definition) is 4. The molecule has 2 aromatic rings. The number of fused-ring (bicyclic) bond motifs is 3. The molecular weight excluding hydrogens is 506 g/mol. The Kier molecular flexibility index (Phi) is 7.99. The highest BCUT2D eigenvalue weighted by Gasteiger charge is 2.65. The van der Waals surface area contributed by atoms with Gasteiger partial charge in [-0.2, -0.15) is 0 Å². The topological polar surface area (TPSA) is 50.1 Å². The zero-order valence-electron chi connectivity index (χ0n) is 26.6. The van der Waals surface area contributed by atoms with Crippen molar-refractivity contribution in [2.45, 2.75) is 147 Å². The van der Waals surface area contributed by atoms with Crippen LogP contribution in [0.25, 0.3) is 11.1 Å². The van der Waals surface area contributed by atoms with Gasteiger partial charge in [-0.15, -0.1) is 0 Å². The van der Waals surface area contributed by atoms with Gasteiger partial charge in [0.1, 0.15) is 0 Å². The van der Waals surface area contributed by atoms with E-state index >= 15 is 0 Å². The predicted octanol–water partition coefficient (Wildman–Crippen LogP) is 9.23. The number of nitrogens with one attached hydrogen (secondary N) is 2. The lowest BCUT2D eigenvalue weighted by molar-refractivity contribution is 0.298. The van der Waals surface area contributed by atoms with E-state index in [0.29, 0.717) is 6.04 Å². The molecule has 2 saturated carbocycles. The van der Waals surface area contributed by atoms with E-state index in [1.54, 1.807) is 11.1 Å². The number of nitrogens with two attached hydrogens (primary N) is 1. The summed E-state index contributed by atoms with van der Waals surface area (Å²) in [5.41, 5.74) is 19.0. The molecule has 0 amide bonds. The van der Waals surface area contributed by atoms with Gasteiger partial charge in [0, 0.05) is 35.1 Å². The van der Waals surface area contributed by atoms with Crippen LogP contribution in [-0.2, 0) is 21.7 Å². The maximum Gasteiger partial charge on any atom is 0.0384 e. The van der Waals surface area contributed by atoms with Crippen molar-refractivity contribution in [3.63, 3.8) is 0 Å². The normalized spacial score (nSPS) is 26.2. The first-order chi connectivity index (χ1) is 18.8. The first-order valence-electron chi connectivity index (χ1n) is 16.1. The standard InChI is InChI=1S/C36H55N3S/c1-9-11-16-38-32-18-25-24-17-26(31(37)13-10-2)27(33(3,4)5)19-28(24)35-14-12-15-36(35,22-23(21-35)39-40)29(25)20-30(32)34(6,7)8/h17-20,23,31,38-40H,9-16,21-22,37H2,1-8H3. The van der Waals surface area contributed by atoms with Crippen LogP contribution in [0, 0.1) is 0 Å². The van der Waals surface area contributed by atoms with E-state index in [1.807, 2.05) is 0 Å². The van der Waals surface area contributed by atoms with Gasteiger partial charge in [-0.1, -0.05) is 99.6 Å². The molecule has 4 N–H and O–H groups in total. The number of anilines is 1. The van der Waals surface area contributed by atoms with Crippen molar-refractivity contribution in [1.29, 1.82) is 0 Å². The molecule has 0 saturated heterocycles. The van der Waals surface area contributed by atoms with Gasteiger partial charge >= 0.3 is 0 Å². The highest BCUT2D eigenvalue weighted by atomic mass is 32.1. The molecule has 0 aromatic heterocycles. The van der Waals surface area contributed by atoms with E-state index in [4.69, 9.17) is 5.73 Å². The van der Waals surface area contributed by atoms with Gasteiger partial charge in [0.05, 0.1) is 0 Å². The SMILES string of the molecule is CCCCNc1cc2c(cc1C(C)(C)C)C13CCCC1(CC(NS)C3)c1cc(C(C)(C)C)c(C(N)CCC)cc1-2. The lowest BCUT2D eigenvalue weighted by atomic mass is 9.54. The molecule has 0 radical (unpaired) electrons. The smallest absolute Gasteiger partial charge is 0.0384 e. The second-order valence-electron chi connectivity index (χ2n) is 15.4. The van der Waals surface area contributed by atoms with Crippen LogP contribution in [0.2, 0.25) is 0 Å². The fourth-order valence-corrected chi connectivity index (χ4v) is 9.00. The molecule has 3 aliphatic carbocycles. The highest BCUT2D eigenvalue weighted by molar-refractivity contribution is 7.78. The van der Waals surface area contributed by atoms with Crippen LogP contribution < -0.4 is 15.8 Å². The highest BCUT2D eigenvalue weighted by Crippen LogP contribution is 2.70. The third-order valence-electron chi connectivity index (χ3n) is 10.6. The molecule has 5 rings (SSSR count). The van der Waals surface area contributed by atoms with E-state index in [0.717, 1.165) is 32.2 Å². The van der Waals surface area contributed by atoms with Crippen LogP contribution >= 0.6 is 12.8 Å². The van der Waals surface area contributed by atoms with E-state index in [9.17, 15) is 0 Å². The molecule has 4 heteroatoms. The quantitative estimate of drug-likeness (QED) is 0.192. The Balaban J connectivity index is 1.86. The monoisotopic (exact) mass is 561 g/mol. The van der Waals surface area contributed by atoms with Crippen molar-refractivity contribution >= 4 is 18.5 Å². The summed E-state index contributed by atoms with van der Waals surface area (Å²) in [5, 5.41) is 3.88. The van der Waals surface area contributed by atoms with E-state index in [2.05, 4.69) is 103 Å². The summed E-state index contributed by atoms with van der Waals surface area (Å²) in [5.74, 6) is 0. The van der Waals surface area contributed by atoms with Crippen molar-refractivity contribution in [2.75, 3.05) is 11.9 Å². The van der Waals surface area contributed by atoms with Crippen LogP contribution in [0.5, 0.6) is 0 Å². The first-order valence-corrected chi connectivity index (χ1v) is 16.5.